The molecule has 1 heterocycles. The van der Waals surface area contributed by atoms with Crippen LogP contribution in [0.1, 0.15) is 0 Å². The van der Waals surface area contributed by atoms with Crippen LogP contribution in [0.15, 0.2) is 146 Å². The summed E-state index contributed by atoms with van der Waals surface area (Å²) in [6.07, 6.45) is 1.92. The molecule has 0 amide bonds. The second kappa shape index (κ2) is 9.14. The van der Waals surface area contributed by atoms with Crippen molar-refractivity contribution >= 4 is 43.2 Å². The van der Waals surface area contributed by atoms with Crippen molar-refractivity contribution < 1.29 is 0 Å². The normalized spacial score (nSPS) is 11.5. The Morgan fingerprint density at radius 1 is 0.375 bits per heavy atom. The fourth-order valence-electron chi connectivity index (χ4n) is 5.88. The summed E-state index contributed by atoms with van der Waals surface area (Å²) in [5, 5.41) is 8.45. The molecule has 1 aromatic heterocycles. The molecule has 0 unspecified atom stereocenters. The van der Waals surface area contributed by atoms with Crippen LogP contribution in [0.25, 0.3) is 76.9 Å². The molecule has 0 aliphatic rings. The zero-order chi connectivity index (χ0) is 26.5. The molecular weight excluding hydrogens is 484 g/mol. The Balaban J connectivity index is 1.22. The molecule has 7 aromatic carbocycles. The Labute approximate surface area is 232 Å². The zero-order valence-corrected chi connectivity index (χ0v) is 21.8. The van der Waals surface area contributed by atoms with Crippen molar-refractivity contribution in [2.75, 3.05) is 0 Å². The Morgan fingerprint density at radius 2 is 0.975 bits per heavy atom. The van der Waals surface area contributed by atoms with Gasteiger partial charge < -0.3 is 0 Å². The molecule has 0 radical (unpaired) electrons. The second-order valence-corrected chi connectivity index (χ2v) is 10.3. The van der Waals surface area contributed by atoms with E-state index in [1.54, 1.807) is 0 Å². The molecule has 40 heavy (non-hydrogen) atoms. The van der Waals surface area contributed by atoms with Gasteiger partial charge in [-0.15, -0.1) is 0 Å². The first-order chi connectivity index (χ1) is 19.8. The van der Waals surface area contributed by atoms with Crippen molar-refractivity contribution in [1.29, 1.82) is 0 Å². The van der Waals surface area contributed by atoms with E-state index in [2.05, 4.69) is 126 Å². The summed E-state index contributed by atoms with van der Waals surface area (Å²) < 4.78 is 0. The highest BCUT2D eigenvalue weighted by atomic mass is 14.9. The Hall–Kier alpha value is -5.34. The summed E-state index contributed by atoms with van der Waals surface area (Å²) in [5.74, 6) is 0.751. The van der Waals surface area contributed by atoms with E-state index in [0.29, 0.717) is 0 Å². The van der Waals surface area contributed by atoms with E-state index in [1.165, 1.54) is 49.2 Å². The molecule has 0 atom stereocenters. The van der Waals surface area contributed by atoms with E-state index in [4.69, 9.17) is 4.98 Å². The molecule has 0 saturated carbocycles. The van der Waals surface area contributed by atoms with Crippen LogP contribution in [0, 0.1) is 0 Å². The molecule has 0 spiro atoms. The van der Waals surface area contributed by atoms with Crippen LogP contribution < -0.4 is 0 Å². The summed E-state index contributed by atoms with van der Waals surface area (Å²) in [4.78, 5) is 9.57. The molecule has 2 heteroatoms. The average Bonchev–Trinajstić information content (AvgIpc) is 3.03. The molecule has 0 fully saturated rings. The van der Waals surface area contributed by atoms with Crippen molar-refractivity contribution in [2.24, 2.45) is 0 Å². The summed E-state index contributed by atoms with van der Waals surface area (Å²) >= 11 is 0. The molecule has 2 nitrogen and oxygen atoms in total. The van der Waals surface area contributed by atoms with Gasteiger partial charge in [0.25, 0.3) is 0 Å². The lowest BCUT2D eigenvalue weighted by molar-refractivity contribution is 1.23. The average molecular weight is 509 g/mol. The SMILES string of the molecule is c1ccc(-c2ncc3ccc4cc(-c5ccc(-c6c7ccccc7cc7ccccc67)cc5)ccc4c3n2)cc1. The quantitative estimate of drug-likeness (QED) is 0.175. The zero-order valence-electron chi connectivity index (χ0n) is 21.8. The number of hydrogen-bond donors (Lipinski definition) is 0. The molecule has 0 aliphatic carbocycles. The van der Waals surface area contributed by atoms with Crippen molar-refractivity contribution in [2.45, 2.75) is 0 Å². The van der Waals surface area contributed by atoms with Gasteiger partial charge in [0.15, 0.2) is 5.82 Å². The third kappa shape index (κ3) is 3.73. The number of aromatic nitrogens is 2. The second-order valence-electron chi connectivity index (χ2n) is 10.3. The van der Waals surface area contributed by atoms with Crippen LogP contribution >= 0.6 is 0 Å². The molecule has 0 N–H and O–H groups in total. The molecule has 8 rings (SSSR count). The maximum Gasteiger partial charge on any atom is 0.159 e. The van der Waals surface area contributed by atoms with Gasteiger partial charge in [0.05, 0.1) is 5.52 Å². The Morgan fingerprint density at radius 3 is 1.73 bits per heavy atom. The van der Waals surface area contributed by atoms with E-state index in [0.717, 1.165) is 27.7 Å². The first-order valence-electron chi connectivity index (χ1n) is 13.6. The van der Waals surface area contributed by atoms with Gasteiger partial charge in [-0.25, -0.2) is 9.97 Å². The number of fused-ring (bicyclic) bond motifs is 5. The van der Waals surface area contributed by atoms with Gasteiger partial charge in [0, 0.05) is 22.5 Å². The van der Waals surface area contributed by atoms with Crippen LogP contribution in [0.5, 0.6) is 0 Å². The van der Waals surface area contributed by atoms with Gasteiger partial charge >= 0.3 is 0 Å². The van der Waals surface area contributed by atoms with E-state index in [1.807, 2.05) is 24.4 Å². The smallest absolute Gasteiger partial charge is 0.159 e. The van der Waals surface area contributed by atoms with Gasteiger partial charge in [0.2, 0.25) is 0 Å². The number of hydrogen-bond acceptors (Lipinski definition) is 2. The minimum absolute atomic E-state index is 0.751. The van der Waals surface area contributed by atoms with E-state index in [9.17, 15) is 0 Å². The van der Waals surface area contributed by atoms with Gasteiger partial charge in [-0.05, 0) is 61.3 Å². The van der Waals surface area contributed by atoms with Gasteiger partial charge in [-0.1, -0.05) is 127 Å². The van der Waals surface area contributed by atoms with Crippen LogP contribution in [0.2, 0.25) is 0 Å². The molecular formula is C38H24N2. The number of benzene rings is 7. The van der Waals surface area contributed by atoms with Crippen LogP contribution in [0.3, 0.4) is 0 Å². The molecule has 0 aliphatic heterocycles. The minimum atomic E-state index is 0.751. The Bertz CT molecular complexity index is 2140. The molecule has 0 saturated heterocycles. The van der Waals surface area contributed by atoms with Crippen molar-refractivity contribution in [1.82, 2.24) is 9.97 Å². The molecule has 186 valence electrons. The van der Waals surface area contributed by atoms with E-state index >= 15 is 0 Å². The summed E-state index contributed by atoms with van der Waals surface area (Å²) in [7, 11) is 0. The third-order valence-corrected chi connectivity index (χ3v) is 7.88. The standard InChI is InChI=1S/C38H24N2/c1-2-8-27(9-3-1)38-39-24-32-19-18-31-22-28(20-21-35(31)37(32)40-38)25-14-16-26(17-15-25)36-33-12-6-4-10-29(33)23-30-11-5-7-13-34(30)36/h1-24H. The maximum atomic E-state index is 4.96. The fourth-order valence-corrected chi connectivity index (χ4v) is 5.88. The number of nitrogens with zero attached hydrogens (tertiary/aromatic N) is 2. The van der Waals surface area contributed by atoms with Crippen LogP contribution in [0.4, 0.5) is 0 Å². The van der Waals surface area contributed by atoms with Crippen molar-refractivity contribution in [3.8, 4) is 33.6 Å². The third-order valence-electron chi connectivity index (χ3n) is 7.88. The first-order valence-corrected chi connectivity index (χ1v) is 13.6. The molecule has 0 bridgehead atoms. The predicted octanol–water partition coefficient (Wildman–Crippen LogP) is 10.1. The molecule has 8 aromatic rings. The lowest BCUT2D eigenvalue weighted by Crippen LogP contribution is -1.91. The lowest BCUT2D eigenvalue weighted by Gasteiger charge is -2.13. The van der Waals surface area contributed by atoms with Crippen molar-refractivity contribution in [3.05, 3.63) is 146 Å². The topological polar surface area (TPSA) is 25.8 Å². The highest BCUT2D eigenvalue weighted by Crippen LogP contribution is 2.37. The van der Waals surface area contributed by atoms with Gasteiger partial charge in [-0.2, -0.15) is 0 Å². The monoisotopic (exact) mass is 508 g/mol. The summed E-state index contributed by atoms with van der Waals surface area (Å²) in [6.45, 7) is 0. The largest absolute Gasteiger partial charge is 0.236 e. The maximum absolute atomic E-state index is 4.96. The summed E-state index contributed by atoms with van der Waals surface area (Å²) in [6, 6.07) is 49.7. The van der Waals surface area contributed by atoms with Crippen LogP contribution in [-0.4, -0.2) is 9.97 Å². The van der Waals surface area contributed by atoms with Gasteiger partial charge in [0.1, 0.15) is 0 Å². The van der Waals surface area contributed by atoms with Crippen molar-refractivity contribution in [3.63, 3.8) is 0 Å². The predicted molar refractivity (Wildman–Crippen MR) is 168 cm³/mol. The van der Waals surface area contributed by atoms with E-state index in [-0.39, 0.29) is 0 Å². The highest BCUT2D eigenvalue weighted by molar-refractivity contribution is 6.13. The number of rotatable bonds is 3. The Kier molecular flexibility index (Phi) is 5.17. The first kappa shape index (κ1) is 22.6. The fraction of sp³-hybridized carbons (Fsp3) is 0. The summed E-state index contributed by atoms with van der Waals surface area (Å²) in [5.41, 5.74) is 6.92. The van der Waals surface area contributed by atoms with Crippen LogP contribution in [-0.2, 0) is 0 Å². The lowest BCUT2D eigenvalue weighted by atomic mass is 9.91. The van der Waals surface area contributed by atoms with E-state index < -0.39 is 0 Å². The van der Waals surface area contributed by atoms with Gasteiger partial charge in [-0.3, -0.25) is 0 Å². The highest BCUT2D eigenvalue weighted by Gasteiger charge is 2.11. The minimum Gasteiger partial charge on any atom is -0.236 e.